The number of para-hydroxylation sites is 2. The van der Waals surface area contributed by atoms with Gasteiger partial charge in [-0.15, -0.1) is 0 Å². The van der Waals surface area contributed by atoms with Crippen LogP contribution in [0.3, 0.4) is 0 Å². The zero-order chi connectivity index (χ0) is 24.1. The number of benzene rings is 3. The fourth-order valence-corrected chi connectivity index (χ4v) is 3.74. The summed E-state index contributed by atoms with van der Waals surface area (Å²) >= 11 is 0. The van der Waals surface area contributed by atoms with Gasteiger partial charge in [-0.3, -0.25) is 19.3 Å². The van der Waals surface area contributed by atoms with Crippen LogP contribution in [0.2, 0.25) is 0 Å². The van der Waals surface area contributed by atoms with Gasteiger partial charge in [0.15, 0.2) is 0 Å². The molecule has 0 aliphatic carbocycles. The molecule has 0 saturated heterocycles. The van der Waals surface area contributed by atoms with Crippen molar-refractivity contribution in [1.82, 2.24) is 0 Å². The summed E-state index contributed by atoms with van der Waals surface area (Å²) in [5.41, 5.74) is 2.25. The van der Waals surface area contributed by atoms with E-state index in [1.807, 2.05) is 0 Å². The van der Waals surface area contributed by atoms with Crippen molar-refractivity contribution in [3.8, 4) is 0 Å². The Hall–Kier alpha value is -4.46. The van der Waals surface area contributed by atoms with Crippen molar-refractivity contribution in [2.24, 2.45) is 0 Å². The minimum atomic E-state index is -1.04. The first-order valence-electron chi connectivity index (χ1n) is 10.8. The van der Waals surface area contributed by atoms with E-state index >= 15 is 0 Å². The van der Waals surface area contributed by atoms with E-state index in [1.54, 1.807) is 85.8 Å². The molecule has 34 heavy (non-hydrogen) atoms. The quantitative estimate of drug-likeness (QED) is 0.547. The zero-order valence-electron chi connectivity index (χ0n) is 18.5. The molecule has 3 aromatic rings. The lowest BCUT2D eigenvalue weighted by Gasteiger charge is -2.36. The monoisotopic (exact) mass is 457 g/mol. The minimum Gasteiger partial charge on any atom is -0.462 e. The summed E-state index contributed by atoms with van der Waals surface area (Å²) in [4.78, 5) is 52.3. The highest BCUT2D eigenvalue weighted by atomic mass is 16.5. The Morgan fingerprint density at radius 1 is 0.912 bits per heavy atom. The molecule has 4 rings (SSSR count). The third-order valence-electron chi connectivity index (χ3n) is 5.33. The van der Waals surface area contributed by atoms with Crippen molar-refractivity contribution in [3.05, 3.63) is 90.0 Å². The van der Waals surface area contributed by atoms with E-state index in [0.29, 0.717) is 28.2 Å². The molecule has 1 aliphatic heterocycles. The van der Waals surface area contributed by atoms with Crippen LogP contribution in [-0.2, 0) is 14.3 Å². The van der Waals surface area contributed by atoms with Crippen molar-refractivity contribution < 1.29 is 23.9 Å². The van der Waals surface area contributed by atoms with Gasteiger partial charge in [0, 0.05) is 11.3 Å². The molecule has 1 atom stereocenters. The predicted molar refractivity (Wildman–Crippen MR) is 128 cm³/mol. The summed E-state index contributed by atoms with van der Waals surface area (Å²) < 4.78 is 4.95. The minimum absolute atomic E-state index is 0.252. The lowest BCUT2D eigenvalue weighted by atomic mass is 10.0. The molecule has 1 aliphatic rings. The second kappa shape index (κ2) is 9.99. The van der Waals surface area contributed by atoms with Crippen molar-refractivity contribution in [2.45, 2.75) is 19.4 Å². The Balaban J connectivity index is 1.55. The number of hydrogen-bond donors (Lipinski definition) is 2. The molecule has 0 aromatic heterocycles. The summed E-state index contributed by atoms with van der Waals surface area (Å²) in [6.07, 6.45) is -0.252. The number of hydrogen-bond acceptors (Lipinski definition) is 5. The first-order valence-corrected chi connectivity index (χ1v) is 10.8. The van der Waals surface area contributed by atoms with Crippen LogP contribution < -0.4 is 15.5 Å². The third kappa shape index (κ3) is 4.80. The highest BCUT2D eigenvalue weighted by Gasteiger charge is 2.38. The maximum absolute atomic E-state index is 13.4. The third-order valence-corrected chi connectivity index (χ3v) is 5.33. The number of ether oxygens (including phenoxy) is 1. The number of carbonyl (C=O) groups excluding carboxylic acids is 4. The number of nitrogens with one attached hydrogen (secondary N) is 2. The van der Waals surface area contributed by atoms with Gasteiger partial charge in [-0.25, -0.2) is 4.79 Å². The summed E-state index contributed by atoms with van der Waals surface area (Å²) in [5.74, 6) is -1.72. The average Bonchev–Trinajstić information content (AvgIpc) is 2.85. The molecular weight excluding hydrogens is 434 g/mol. The van der Waals surface area contributed by atoms with Gasteiger partial charge in [-0.1, -0.05) is 30.3 Å². The highest BCUT2D eigenvalue weighted by molar-refractivity contribution is 6.17. The van der Waals surface area contributed by atoms with E-state index in [-0.39, 0.29) is 18.9 Å². The number of nitrogens with zero attached hydrogens (tertiary/aromatic N) is 1. The average molecular weight is 457 g/mol. The fourth-order valence-electron chi connectivity index (χ4n) is 3.74. The van der Waals surface area contributed by atoms with E-state index in [2.05, 4.69) is 10.6 Å². The molecule has 0 fully saturated rings. The molecule has 8 heteroatoms. The molecule has 1 heterocycles. The van der Waals surface area contributed by atoms with Gasteiger partial charge in [0.2, 0.25) is 11.8 Å². The Morgan fingerprint density at radius 2 is 1.59 bits per heavy atom. The number of rotatable bonds is 6. The second-order valence-corrected chi connectivity index (χ2v) is 7.61. The van der Waals surface area contributed by atoms with Crippen LogP contribution in [-0.4, -0.2) is 36.3 Å². The van der Waals surface area contributed by atoms with Crippen LogP contribution in [0.5, 0.6) is 0 Å². The topological polar surface area (TPSA) is 105 Å². The van der Waals surface area contributed by atoms with Gasteiger partial charge in [0.25, 0.3) is 5.91 Å². The number of anilines is 3. The summed E-state index contributed by atoms with van der Waals surface area (Å²) in [6, 6.07) is 20.8. The number of fused-ring (bicyclic) bond motifs is 1. The summed E-state index contributed by atoms with van der Waals surface area (Å²) in [6.45, 7) is 1.99. The SMILES string of the molecule is CCOC(=O)c1ccc(NC(=O)CC2C(=O)Nc3ccccc3N2C(=O)c2ccccc2)cc1. The van der Waals surface area contributed by atoms with E-state index in [4.69, 9.17) is 4.74 Å². The second-order valence-electron chi connectivity index (χ2n) is 7.61. The standard InChI is InChI=1S/C26H23N3O5/c1-2-34-26(33)18-12-14-19(15-13-18)27-23(30)16-22-24(31)28-20-10-6-7-11-21(20)29(22)25(32)17-8-4-3-5-9-17/h3-15,22H,2,16H2,1H3,(H,27,30)(H,28,31). The first kappa shape index (κ1) is 22.7. The summed E-state index contributed by atoms with van der Waals surface area (Å²) in [7, 11) is 0. The molecule has 0 spiro atoms. The lowest BCUT2D eigenvalue weighted by molar-refractivity contribution is -0.122. The van der Waals surface area contributed by atoms with E-state index in [9.17, 15) is 19.2 Å². The molecule has 0 saturated carbocycles. The summed E-state index contributed by atoms with van der Waals surface area (Å²) in [5, 5.41) is 5.51. The Morgan fingerprint density at radius 3 is 2.29 bits per heavy atom. The molecule has 3 amide bonds. The van der Waals surface area contributed by atoms with Crippen LogP contribution in [0.1, 0.15) is 34.1 Å². The van der Waals surface area contributed by atoms with Crippen molar-refractivity contribution in [1.29, 1.82) is 0 Å². The van der Waals surface area contributed by atoms with Crippen LogP contribution in [0.15, 0.2) is 78.9 Å². The van der Waals surface area contributed by atoms with E-state index in [0.717, 1.165) is 0 Å². The van der Waals surface area contributed by atoms with Crippen molar-refractivity contribution in [3.63, 3.8) is 0 Å². The molecule has 3 aromatic carbocycles. The molecule has 0 radical (unpaired) electrons. The molecule has 8 nitrogen and oxygen atoms in total. The number of amides is 3. The lowest BCUT2D eigenvalue weighted by Crippen LogP contribution is -2.52. The fraction of sp³-hybridized carbons (Fsp3) is 0.154. The Labute approximate surface area is 196 Å². The van der Waals surface area contributed by atoms with Gasteiger partial charge in [0.1, 0.15) is 6.04 Å². The van der Waals surface area contributed by atoms with Crippen LogP contribution in [0.25, 0.3) is 0 Å². The zero-order valence-corrected chi connectivity index (χ0v) is 18.5. The first-order chi connectivity index (χ1) is 16.5. The van der Waals surface area contributed by atoms with Gasteiger partial charge < -0.3 is 15.4 Å². The van der Waals surface area contributed by atoms with Crippen molar-refractivity contribution >= 4 is 40.8 Å². The Kier molecular flexibility index (Phi) is 6.68. The predicted octanol–water partition coefficient (Wildman–Crippen LogP) is 3.86. The normalized spacial score (nSPS) is 14.6. The molecule has 2 N–H and O–H groups in total. The Bertz CT molecular complexity index is 1220. The van der Waals surface area contributed by atoms with Crippen LogP contribution in [0.4, 0.5) is 17.1 Å². The van der Waals surface area contributed by atoms with E-state index < -0.39 is 23.8 Å². The molecule has 0 bridgehead atoms. The maximum Gasteiger partial charge on any atom is 0.338 e. The molecule has 172 valence electrons. The highest BCUT2D eigenvalue weighted by Crippen LogP contribution is 2.34. The van der Waals surface area contributed by atoms with Crippen molar-refractivity contribution in [2.75, 3.05) is 22.1 Å². The van der Waals surface area contributed by atoms with Gasteiger partial charge >= 0.3 is 5.97 Å². The number of esters is 1. The van der Waals surface area contributed by atoms with Crippen LogP contribution in [0, 0.1) is 0 Å². The van der Waals surface area contributed by atoms with Gasteiger partial charge in [-0.05, 0) is 55.5 Å². The smallest absolute Gasteiger partial charge is 0.338 e. The van der Waals surface area contributed by atoms with E-state index in [1.165, 1.54) is 4.90 Å². The van der Waals surface area contributed by atoms with Gasteiger partial charge in [-0.2, -0.15) is 0 Å². The number of carbonyl (C=O) groups is 4. The van der Waals surface area contributed by atoms with Gasteiger partial charge in [0.05, 0.1) is 30.0 Å². The molecule has 1 unspecified atom stereocenters. The van der Waals surface area contributed by atoms with Crippen LogP contribution >= 0.6 is 0 Å². The largest absolute Gasteiger partial charge is 0.462 e. The molecular formula is C26H23N3O5. The maximum atomic E-state index is 13.4.